The van der Waals surface area contributed by atoms with E-state index in [1.165, 1.54) is 16.0 Å². The first-order valence-electron chi connectivity index (χ1n) is 7.49. The van der Waals surface area contributed by atoms with Gasteiger partial charge in [0.1, 0.15) is 16.5 Å². The Hall–Kier alpha value is -1.98. The number of nitrogens with one attached hydrogen (secondary N) is 2. The van der Waals surface area contributed by atoms with E-state index in [0.29, 0.717) is 0 Å². The number of aromatic nitrogens is 2. The van der Waals surface area contributed by atoms with Crippen molar-refractivity contribution in [3.05, 3.63) is 41.5 Å². The highest BCUT2D eigenvalue weighted by Gasteiger charge is 2.14. The summed E-state index contributed by atoms with van der Waals surface area (Å²) >= 11 is 1.68. The number of quaternary nitrogens is 1. The Labute approximate surface area is 134 Å². The van der Waals surface area contributed by atoms with Crippen LogP contribution in [-0.2, 0) is 0 Å². The van der Waals surface area contributed by atoms with Crippen LogP contribution in [0, 0.1) is 6.92 Å². The Balaban J connectivity index is 2.04. The number of thiophene rings is 1. The van der Waals surface area contributed by atoms with Gasteiger partial charge in [0.05, 0.1) is 32.6 Å². The van der Waals surface area contributed by atoms with Crippen LogP contribution in [0.2, 0.25) is 0 Å². The van der Waals surface area contributed by atoms with Crippen LogP contribution in [0.5, 0.6) is 0 Å². The number of fused-ring (bicyclic) bond motifs is 1. The van der Waals surface area contributed by atoms with Crippen LogP contribution in [0.1, 0.15) is 5.82 Å². The molecule has 5 heteroatoms. The maximum Gasteiger partial charge on any atom is 0.139 e. The highest BCUT2D eigenvalue weighted by atomic mass is 32.1. The zero-order valence-corrected chi connectivity index (χ0v) is 14.0. The van der Waals surface area contributed by atoms with E-state index in [0.717, 1.165) is 34.9 Å². The molecule has 0 unspecified atom stereocenters. The molecule has 3 aromatic rings. The van der Waals surface area contributed by atoms with E-state index < -0.39 is 0 Å². The van der Waals surface area contributed by atoms with Gasteiger partial charge in [-0.15, -0.1) is 11.3 Å². The van der Waals surface area contributed by atoms with E-state index in [-0.39, 0.29) is 0 Å². The number of rotatable bonds is 5. The molecule has 2 N–H and O–H groups in total. The smallest absolute Gasteiger partial charge is 0.139 e. The molecule has 2 aromatic heterocycles. The molecule has 3 rings (SSSR count). The Morgan fingerprint density at radius 2 is 1.91 bits per heavy atom. The number of nitrogens with zero attached hydrogens (tertiary/aromatic N) is 2. The lowest BCUT2D eigenvalue weighted by molar-refractivity contribution is -0.856. The average molecular weight is 313 g/mol. The number of anilines is 1. The summed E-state index contributed by atoms with van der Waals surface area (Å²) in [5.74, 6) is 1.76. The molecule has 0 radical (unpaired) electrons. The van der Waals surface area contributed by atoms with Gasteiger partial charge in [-0.05, 0) is 12.5 Å². The number of hydrogen-bond donors (Lipinski definition) is 2. The molecular formula is C17H21N4S+. The van der Waals surface area contributed by atoms with Crippen molar-refractivity contribution in [1.82, 2.24) is 9.97 Å². The molecule has 0 amide bonds. The van der Waals surface area contributed by atoms with Gasteiger partial charge in [0.15, 0.2) is 0 Å². The van der Waals surface area contributed by atoms with Crippen molar-refractivity contribution in [2.45, 2.75) is 6.92 Å². The van der Waals surface area contributed by atoms with Crippen LogP contribution in [0.4, 0.5) is 5.82 Å². The summed E-state index contributed by atoms with van der Waals surface area (Å²) in [6.45, 7) is 3.90. The van der Waals surface area contributed by atoms with Crippen LogP contribution in [0.15, 0.2) is 35.7 Å². The highest BCUT2D eigenvalue weighted by molar-refractivity contribution is 7.17. The van der Waals surface area contributed by atoms with E-state index in [1.807, 2.05) is 13.0 Å². The van der Waals surface area contributed by atoms with E-state index in [4.69, 9.17) is 0 Å². The van der Waals surface area contributed by atoms with E-state index >= 15 is 0 Å². The lowest BCUT2D eigenvalue weighted by Gasteiger charge is -2.11. The lowest BCUT2D eigenvalue weighted by atomic mass is 10.1. The van der Waals surface area contributed by atoms with Gasteiger partial charge in [-0.1, -0.05) is 30.3 Å². The molecule has 22 heavy (non-hydrogen) atoms. The molecule has 0 atom stereocenters. The summed E-state index contributed by atoms with van der Waals surface area (Å²) < 4.78 is 0. The summed E-state index contributed by atoms with van der Waals surface area (Å²) in [7, 11) is 4.31. The molecule has 114 valence electrons. The minimum absolute atomic E-state index is 0.814. The molecule has 1 aromatic carbocycles. The van der Waals surface area contributed by atoms with E-state index in [9.17, 15) is 0 Å². The van der Waals surface area contributed by atoms with Crippen molar-refractivity contribution in [2.24, 2.45) is 0 Å². The second kappa shape index (κ2) is 6.42. The molecule has 0 aliphatic heterocycles. The third-order valence-corrected chi connectivity index (χ3v) is 4.42. The van der Waals surface area contributed by atoms with Gasteiger partial charge in [0.25, 0.3) is 0 Å². The minimum atomic E-state index is 0.814. The monoisotopic (exact) mass is 313 g/mol. The average Bonchev–Trinajstić information content (AvgIpc) is 2.91. The molecule has 0 saturated heterocycles. The maximum atomic E-state index is 4.63. The first-order valence-corrected chi connectivity index (χ1v) is 8.37. The standard InChI is InChI=1S/C17H20N4S/c1-12-19-16(18-9-10-21(2)3)15-14(11-22-17(15)20-12)13-7-5-4-6-8-13/h4-8,11H,9-10H2,1-3H3,(H,18,19,20)/p+1. The lowest BCUT2D eigenvalue weighted by Crippen LogP contribution is -3.06. The zero-order valence-electron chi connectivity index (χ0n) is 13.2. The third kappa shape index (κ3) is 3.10. The fourth-order valence-corrected chi connectivity index (χ4v) is 3.43. The topological polar surface area (TPSA) is 42.2 Å². The van der Waals surface area contributed by atoms with Gasteiger partial charge >= 0.3 is 0 Å². The van der Waals surface area contributed by atoms with Crippen molar-refractivity contribution in [1.29, 1.82) is 0 Å². The number of benzene rings is 1. The number of likely N-dealkylation sites (N-methyl/N-ethyl adjacent to an activating group) is 1. The Morgan fingerprint density at radius 3 is 2.64 bits per heavy atom. The van der Waals surface area contributed by atoms with Gasteiger partial charge < -0.3 is 10.2 Å². The van der Waals surface area contributed by atoms with Crippen LogP contribution in [-0.4, -0.2) is 37.2 Å². The Morgan fingerprint density at radius 1 is 1.14 bits per heavy atom. The largest absolute Gasteiger partial charge is 0.364 e. The molecule has 0 aliphatic rings. The van der Waals surface area contributed by atoms with Crippen molar-refractivity contribution >= 4 is 27.4 Å². The van der Waals surface area contributed by atoms with Crippen molar-refractivity contribution in [3.63, 3.8) is 0 Å². The summed E-state index contributed by atoms with van der Waals surface area (Å²) in [4.78, 5) is 11.7. The molecule has 0 aliphatic carbocycles. The van der Waals surface area contributed by atoms with Crippen LogP contribution in [0.25, 0.3) is 21.3 Å². The minimum Gasteiger partial charge on any atom is -0.364 e. The van der Waals surface area contributed by atoms with Gasteiger partial charge in [-0.25, -0.2) is 9.97 Å². The second-order valence-corrected chi connectivity index (χ2v) is 6.56. The summed E-state index contributed by atoms with van der Waals surface area (Å²) in [6.07, 6.45) is 0. The maximum absolute atomic E-state index is 4.63. The summed E-state index contributed by atoms with van der Waals surface area (Å²) in [5.41, 5.74) is 2.42. The van der Waals surface area contributed by atoms with Crippen molar-refractivity contribution < 1.29 is 4.90 Å². The van der Waals surface area contributed by atoms with Gasteiger partial charge in [-0.3, -0.25) is 0 Å². The predicted octanol–water partition coefficient (Wildman–Crippen LogP) is 2.22. The Kier molecular flexibility index (Phi) is 4.36. The van der Waals surface area contributed by atoms with Crippen LogP contribution >= 0.6 is 11.3 Å². The Bertz CT molecular complexity index is 765. The van der Waals surface area contributed by atoms with Gasteiger partial charge in [-0.2, -0.15) is 0 Å². The quantitative estimate of drug-likeness (QED) is 0.759. The first-order chi connectivity index (χ1) is 10.6. The number of hydrogen-bond acceptors (Lipinski definition) is 4. The molecule has 0 saturated carbocycles. The molecule has 0 fully saturated rings. The summed E-state index contributed by atoms with van der Waals surface area (Å²) in [5, 5.41) is 6.80. The highest BCUT2D eigenvalue weighted by Crippen LogP contribution is 2.36. The molecule has 0 bridgehead atoms. The SMILES string of the molecule is Cc1nc(NCC[NH+](C)C)c2c(-c3ccccc3)csc2n1. The third-order valence-electron chi connectivity index (χ3n) is 3.55. The first kappa shape index (κ1) is 14.9. The van der Waals surface area contributed by atoms with Crippen LogP contribution < -0.4 is 10.2 Å². The second-order valence-electron chi connectivity index (χ2n) is 5.70. The fraction of sp³-hybridized carbons (Fsp3) is 0.294. The zero-order chi connectivity index (χ0) is 15.5. The normalized spacial score (nSPS) is 11.3. The van der Waals surface area contributed by atoms with Gasteiger partial charge in [0, 0.05) is 10.9 Å². The van der Waals surface area contributed by atoms with Crippen LogP contribution in [0.3, 0.4) is 0 Å². The van der Waals surface area contributed by atoms with Gasteiger partial charge in [0.2, 0.25) is 0 Å². The van der Waals surface area contributed by atoms with E-state index in [1.54, 1.807) is 11.3 Å². The molecule has 2 heterocycles. The number of aryl methyl sites for hydroxylation is 1. The van der Waals surface area contributed by atoms with Crippen molar-refractivity contribution in [3.8, 4) is 11.1 Å². The van der Waals surface area contributed by atoms with E-state index in [2.05, 4.69) is 59.0 Å². The fourth-order valence-electron chi connectivity index (χ4n) is 2.44. The van der Waals surface area contributed by atoms with Crippen molar-refractivity contribution in [2.75, 3.05) is 32.5 Å². The molecule has 4 nitrogen and oxygen atoms in total. The predicted molar refractivity (Wildman–Crippen MR) is 93.8 cm³/mol. The summed E-state index contributed by atoms with van der Waals surface area (Å²) in [6, 6.07) is 10.4. The molecule has 0 spiro atoms. The molecular weight excluding hydrogens is 292 g/mol.